The number of benzene rings is 2. The first-order valence-corrected chi connectivity index (χ1v) is 6.43. The molecule has 2 aromatic carbocycles. The van der Waals surface area contributed by atoms with Crippen LogP contribution in [0.3, 0.4) is 0 Å². The van der Waals surface area contributed by atoms with Gasteiger partial charge in [0.05, 0.1) is 5.56 Å². The number of rotatable bonds is 4. The van der Waals surface area contributed by atoms with E-state index in [9.17, 15) is 4.79 Å². The molecule has 3 heteroatoms. The molecule has 0 unspecified atom stereocenters. The van der Waals surface area contributed by atoms with E-state index >= 15 is 0 Å². The Morgan fingerprint density at radius 3 is 2.68 bits per heavy atom. The SMILES string of the molecule is CC(=O)c1cc(C)ccc1OCc1cccc(Cl)c1. The maximum Gasteiger partial charge on any atom is 0.163 e. The third-order valence-corrected chi connectivity index (χ3v) is 3.03. The third-order valence-electron chi connectivity index (χ3n) is 2.80. The Hall–Kier alpha value is -1.80. The first-order valence-electron chi connectivity index (χ1n) is 6.05. The van der Waals surface area contributed by atoms with Crippen molar-refractivity contribution in [3.8, 4) is 5.75 Å². The van der Waals surface area contributed by atoms with Crippen LogP contribution in [0.2, 0.25) is 5.02 Å². The van der Waals surface area contributed by atoms with E-state index in [2.05, 4.69) is 0 Å². The van der Waals surface area contributed by atoms with E-state index in [4.69, 9.17) is 16.3 Å². The summed E-state index contributed by atoms with van der Waals surface area (Å²) in [5.41, 5.74) is 2.63. The van der Waals surface area contributed by atoms with Gasteiger partial charge in [0, 0.05) is 5.02 Å². The number of Topliss-reactive ketones (excluding diaryl/α,β-unsaturated/α-hetero) is 1. The van der Waals surface area contributed by atoms with Crippen molar-refractivity contribution in [2.24, 2.45) is 0 Å². The summed E-state index contributed by atoms with van der Waals surface area (Å²) < 4.78 is 5.72. The lowest BCUT2D eigenvalue weighted by Gasteiger charge is -2.10. The van der Waals surface area contributed by atoms with Gasteiger partial charge in [0.15, 0.2) is 5.78 Å². The first kappa shape index (κ1) is 13.6. The lowest BCUT2D eigenvalue weighted by atomic mass is 10.1. The van der Waals surface area contributed by atoms with Gasteiger partial charge in [0.1, 0.15) is 12.4 Å². The van der Waals surface area contributed by atoms with Crippen molar-refractivity contribution in [1.82, 2.24) is 0 Å². The fourth-order valence-electron chi connectivity index (χ4n) is 1.83. The monoisotopic (exact) mass is 274 g/mol. The van der Waals surface area contributed by atoms with Gasteiger partial charge in [-0.25, -0.2) is 0 Å². The predicted octanol–water partition coefficient (Wildman–Crippen LogP) is 4.43. The molecule has 0 amide bonds. The molecule has 0 spiro atoms. The van der Waals surface area contributed by atoms with E-state index in [1.807, 2.05) is 49.4 Å². The molecule has 0 radical (unpaired) electrons. The molecule has 19 heavy (non-hydrogen) atoms. The topological polar surface area (TPSA) is 26.3 Å². The highest BCUT2D eigenvalue weighted by molar-refractivity contribution is 6.30. The first-order chi connectivity index (χ1) is 9.06. The molecule has 0 N–H and O–H groups in total. The van der Waals surface area contributed by atoms with Crippen LogP contribution in [0.1, 0.15) is 28.4 Å². The number of ether oxygens (including phenoxy) is 1. The van der Waals surface area contributed by atoms with Crippen LogP contribution in [0.4, 0.5) is 0 Å². The van der Waals surface area contributed by atoms with Gasteiger partial charge in [0.2, 0.25) is 0 Å². The van der Waals surface area contributed by atoms with Crippen molar-refractivity contribution < 1.29 is 9.53 Å². The Balaban J connectivity index is 2.17. The number of ketones is 1. The molecule has 0 saturated carbocycles. The second-order valence-electron chi connectivity index (χ2n) is 4.47. The van der Waals surface area contributed by atoms with Crippen molar-refractivity contribution in [2.45, 2.75) is 20.5 Å². The molecular formula is C16H15ClO2. The minimum atomic E-state index is 0.00444. The van der Waals surface area contributed by atoms with Crippen molar-refractivity contribution >= 4 is 17.4 Å². The van der Waals surface area contributed by atoms with Crippen LogP contribution < -0.4 is 4.74 Å². The van der Waals surface area contributed by atoms with Crippen LogP contribution in [0.25, 0.3) is 0 Å². The van der Waals surface area contributed by atoms with Gasteiger partial charge >= 0.3 is 0 Å². The van der Waals surface area contributed by atoms with Gasteiger partial charge in [0.25, 0.3) is 0 Å². The summed E-state index contributed by atoms with van der Waals surface area (Å²) in [4.78, 5) is 11.6. The Labute approximate surface area is 118 Å². The molecule has 0 atom stereocenters. The van der Waals surface area contributed by atoms with Crippen LogP contribution in [-0.2, 0) is 6.61 Å². The van der Waals surface area contributed by atoms with Crippen LogP contribution in [0, 0.1) is 6.92 Å². The average Bonchev–Trinajstić information content (AvgIpc) is 2.37. The maximum atomic E-state index is 11.6. The van der Waals surface area contributed by atoms with E-state index in [1.165, 1.54) is 0 Å². The molecule has 0 aliphatic carbocycles. The number of halogens is 1. The molecule has 0 aromatic heterocycles. The number of carbonyl (C=O) groups excluding carboxylic acids is 1. The van der Waals surface area contributed by atoms with Crippen molar-refractivity contribution in [3.05, 3.63) is 64.2 Å². The Kier molecular flexibility index (Phi) is 4.23. The fraction of sp³-hybridized carbons (Fsp3) is 0.188. The van der Waals surface area contributed by atoms with E-state index in [-0.39, 0.29) is 5.78 Å². The van der Waals surface area contributed by atoms with Gasteiger partial charge < -0.3 is 4.74 Å². The molecule has 2 rings (SSSR count). The summed E-state index contributed by atoms with van der Waals surface area (Å²) in [5, 5.41) is 0.678. The predicted molar refractivity (Wildman–Crippen MR) is 77.0 cm³/mol. The molecule has 0 heterocycles. The summed E-state index contributed by atoms with van der Waals surface area (Å²) in [7, 11) is 0. The smallest absolute Gasteiger partial charge is 0.163 e. The summed E-state index contributed by atoms with van der Waals surface area (Å²) in [5.74, 6) is 0.614. The van der Waals surface area contributed by atoms with E-state index in [0.717, 1.165) is 11.1 Å². The molecule has 2 nitrogen and oxygen atoms in total. The fourth-order valence-corrected chi connectivity index (χ4v) is 2.05. The highest BCUT2D eigenvalue weighted by Crippen LogP contribution is 2.22. The van der Waals surface area contributed by atoms with Gasteiger partial charge in [-0.3, -0.25) is 4.79 Å². The van der Waals surface area contributed by atoms with Crippen molar-refractivity contribution in [3.63, 3.8) is 0 Å². The molecule has 98 valence electrons. The number of carbonyl (C=O) groups is 1. The minimum absolute atomic E-state index is 0.00444. The zero-order valence-electron chi connectivity index (χ0n) is 10.9. The Morgan fingerprint density at radius 1 is 1.21 bits per heavy atom. The van der Waals surface area contributed by atoms with Crippen LogP contribution in [0.15, 0.2) is 42.5 Å². The molecule has 2 aromatic rings. The average molecular weight is 275 g/mol. The second kappa shape index (κ2) is 5.89. The summed E-state index contributed by atoms with van der Waals surface area (Å²) >= 11 is 5.92. The highest BCUT2D eigenvalue weighted by atomic mass is 35.5. The minimum Gasteiger partial charge on any atom is -0.488 e. The number of hydrogen-bond acceptors (Lipinski definition) is 2. The summed E-state index contributed by atoms with van der Waals surface area (Å²) in [6.07, 6.45) is 0. The highest BCUT2D eigenvalue weighted by Gasteiger charge is 2.09. The zero-order chi connectivity index (χ0) is 13.8. The van der Waals surface area contributed by atoms with Gasteiger partial charge in [-0.15, -0.1) is 0 Å². The normalized spacial score (nSPS) is 10.3. The molecule has 0 aliphatic heterocycles. The molecule has 0 fully saturated rings. The summed E-state index contributed by atoms with van der Waals surface area (Å²) in [6.45, 7) is 3.89. The van der Waals surface area contributed by atoms with Crippen LogP contribution >= 0.6 is 11.6 Å². The van der Waals surface area contributed by atoms with Gasteiger partial charge in [-0.2, -0.15) is 0 Å². The van der Waals surface area contributed by atoms with E-state index in [1.54, 1.807) is 6.92 Å². The Morgan fingerprint density at radius 2 is 2.00 bits per heavy atom. The second-order valence-corrected chi connectivity index (χ2v) is 4.91. The third kappa shape index (κ3) is 3.58. The Bertz CT molecular complexity index is 605. The van der Waals surface area contributed by atoms with Gasteiger partial charge in [-0.1, -0.05) is 35.4 Å². The largest absolute Gasteiger partial charge is 0.488 e. The van der Waals surface area contributed by atoms with Crippen LogP contribution in [-0.4, -0.2) is 5.78 Å². The molecule has 0 saturated heterocycles. The van der Waals surface area contributed by atoms with Gasteiger partial charge in [-0.05, 0) is 43.7 Å². The maximum absolute atomic E-state index is 11.6. The van der Waals surface area contributed by atoms with E-state index < -0.39 is 0 Å². The van der Waals surface area contributed by atoms with E-state index in [0.29, 0.717) is 22.9 Å². The number of hydrogen-bond donors (Lipinski definition) is 0. The number of aryl methyl sites for hydroxylation is 1. The molecule has 0 aliphatic rings. The molecular weight excluding hydrogens is 260 g/mol. The quantitative estimate of drug-likeness (QED) is 0.771. The zero-order valence-corrected chi connectivity index (χ0v) is 11.7. The lowest BCUT2D eigenvalue weighted by molar-refractivity contribution is 0.101. The lowest BCUT2D eigenvalue weighted by Crippen LogP contribution is -2.02. The summed E-state index contributed by atoms with van der Waals surface area (Å²) in [6, 6.07) is 13.1. The van der Waals surface area contributed by atoms with Crippen molar-refractivity contribution in [2.75, 3.05) is 0 Å². The standard InChI is InChI=1S/C16H15ClO2/c1-11-6-7-16(15(8-11)12(2)18)19-10-13-4-3-5-14(17)9-13/h3-9H,10H2,1-2H3. The van der Waals surface area contributed by atoms with Crippen molar-refractivity contribution in [1.29, 1.82) is 0 Å². The molecule has 0 bridgehead atoms. The van der Waals surface area contributed by atoms with Crippen LogP contribution in [0.5, 0.6) is 5.75 Å².